The van der Waals surface area contributed by atoms with Crippen LogP contribution in [0.1, 0.15) is 24.8 Å². The van der Waals surface area contributed by atoms with Crippen LogP contribution in [0.4, 0.5) is 11.4 Å². The third-order valence-electron chi connectivity index (χ3n) is 4.80. The molecule has 1 aliphatic rings. The summed E-state index contributed by atoms with van der Waals surface area (Å²) < 4.78 is 5.66. The average Bonchev–Trinajstić information content (AvgIpc) is 3.38. The van der Waals surface area contributed by atoms with Gasteiger partial charge in [-0.25, -0.2) is 0 Å². The number of thioether (sulfide) groups is 1. The molecule has 1 fully saturated rings. The summed E-state index contributed by atoms with van der Waals surface area (Å²) in [5.41, 5.74) is 3.61. The van der Waals surface area contributed by atoms with Crippen LogP contribution >= 0.6 is 11.8 Å². The maximum absolute atomic E-state index is 12.2. The molecule has 1 N–H and O–H groups in total. The van der Waals surface area contributed by atoms with Gasteiger partial charge in [-0.2, -0.15) is 0 Å². The Morgan fingerprint density at radius 1 is 1.13 bits per heavy atom. The molecule has 8 heteroatoms. The Balaban J connectivity index is 1.24. The lowest BCUT2D eigenvalue weighted by Crippen LogP contribution is -2.23. The van der Waals surface area contributed by atoms with Gasteiger partial charge in [0.05, 0.1) is 0 Å². The van der Waals surface area contributed by atoms with Crippen LogP contribution in [-0.2, 0) is 9.59 Å². The summed E-state index contributed by atoms with van der Waals surface area (Å²) in [6.07, 6.45) is 1.81. The molecule has 0 saturated carbocycles. The van der Waals surface area contributed by atoms with Crippen molar-refractivity contribution in [1.29, 1.82) is 0 Å². The Labute approximate surface area is 178 Å². The summed E-state index contributed by atoms with van der Waals surface area (Å²) in [6.45, 7) is 2.77. The van der Waals surface area contributed by atoms with E-state index in [0.29, 0.717) is 35.4 Å². The zero-order valence-corrected chi connectivity index (χ0v) is 17.4. The van der Waals surface area contributed by atoms with E-state index in [1.54, 1.807) is 4.90 Å². The van der Waals surface area contributed by atoms with Crippen molar-refractivity contribution in [2.75, 3.05) is 22.5 Å². The van der Waals surface area contributed by atoms with E-state index in [4.69, 9.17) is 4.42 Å². The first-order chi connectivity index (χ1) is 14.6. The molecule has 7 nitrogen and oxygen atoms in total. The molecule has 0 bridgehead atoms. The molecule has 1 aromatic heterocycles. The number of hydrogen-bond donors (Lipinski definition) is 1. The Bertz CT molecular complexity index is 1030. The zero-order chi connectivity index (χ0) is 20.9. The standard InChI is InChI=1S/C22H22N4O3S/c1-15-4-6-16(7-5-15)21-24-25-22(29-21)30-14-12-19(27)23-17-8-10-18(11-9-17)26-13-2-3-20(26)28/h4-11H,2-3,12-14H2,1H3,(H,23,27). The molecule has 1 saturated heterocycles. The summed E-state index contributed by atoms with van der Waals surface area (Å²) in [6, 6.07) is 15.2. The first-order valence-corrected chi connectivity index (χ1v) is 10.8. The van der Waals surface area contributed by atoms with E-state index in [9.17, 15) is 9.59 Å². The predicted molar refractivity (Wildman–Crippen MR) is 116 cm³/mol. The number of amides is 2. The summed E-state index contributed by atoms with van der Waals surface area (Å²) in [4.78, 5) is 25.8. The molecular weight excluding hydrogens is 400 g/mol. The van der Waals surface area contributed by atoms with Gasteiger partial charge in [-0.1, -0.05) is 29.5 Å². The predicted octanol–water partition coefficient (Wildman–Crippen LogP) is 4.29. The van der Waals surface area contributed by atoms with Crippen molar-refractivity contribution in [3.8, 4) is 11.5 Å². The van der Waals surface area contributed by atoms with Crippen molar-refractivity contribution in [1.82, 2.24) is 10.2 Å². The van der Waals surface area contributed by atoms with Crippen LogP contribution in [0.2, 0.25) is 0 Å². The molecular formula is C22H22N4O3S. The maximum Gasteiger partial charge on any atom is 0.276 e. The number of nitrogens with one attached hydrogen (secondary N) is 1. The summed E-state index contributed by atoms with van der Waals surface area (Å²) in [5, 5.41) is 11.4. The smallest absolute Gasteiger partial charge is 0.276 e. The third-order valence-corrected chi connectivity index (χ3v) is 5.62. The van der Waals surface area contributed by atoms with E-state index in [1.807, 2.05) is 55.5 Å². The Hall–Kier alpha value is -3.13. The van der Waals surface area contributed by atoms with Gasteiger partial charge in [-0.3, -0.25) is 9.59 Å². The van der Waals surface area contributed by atoms with E-state index in [0.717, 1.165) is 29.8 Å². The summed E-state index contributed by atoms with van der Waals surface area (Å²) in [7, 11) is 0. The highest BCUT2D eigenvalue weighted by molar-refractivity contribution is 7.99. The van der Waals surface area contributed by atoms with Crippen molar-refractivity contribution >= 4 is 35.0 Å². The van der Waals surface area contributed by atoms with Gasteiger partial charge in [-0.15, -0.1) is 10.2 Å². The van der Waals surface area contributed by atoms with Crippen LogP contribution in [0.15, 0.2) is 58.2 Å². The molecule has 3 aromatic rings. The lowest BCUT2D eigenvalue weighted by molar-refractivity contribution is -0.117. The fraction of sp³-hybridized carbons (Fsp3) is 0.273. The fourth-order valence-electron chi connectivity index (χ4n) is 3.18. The van der Waals surface area contributed by atoms with E-state index in [2.05, 4.69) is 15.5 Å². The second kappa shape index (κ2) is 9.13. The van der Waals surface area contributed by atoms with Gasteiger partial charge in [0.15, 0.2) is 0 Å². The quantitative estimate of drug-likeness (QED) is 0.572. The topological polar surface area (TPSA) is 88.3 Å². The van der Waals surface area contributed by atoms with Gasteiger partial charge < -0.3 is 14.6 Å². The molecule has 30 heavy (non-hydrogen) atoms. The SMILES string of the molecule is Cc1ccc(-c2nnc(SCCC(=O)Nc3ccc(N4CCCC4=O)cc3)o2)cc1. The molecule has 0 spiro atoms. The minimum atomic E-state index is -0.0919. The number of rotatable bonds is 7. The molecule has 154 valence electrons. The van der Waals surface area contributed by atoms with Crippen LogP contribution in [0, 0.1) is 6.92 Å². The second-order valence-corrected chi connectivity index (χ2v) is 8.13. The van der Waals surface area contributed by atoms with E-state index < -0.39 is 0 Å². The third kappa shape index (κ3) is 4.88. The lowest BCUT2D eigenvalue weighted by atomic mass is 10.1. The number of benzene rings is 2. The lowest BCUT2D eigenvalue weighted by Gasteiger charge is -2.16. The van der Waals surface area contributed by atoms with Crippen molar-refractivity contribution < 1.29 is 14.0 Å². The fourth-order valence-corrected chi connectivity index (χ4v) is 3.88. The van der Waals surface area contributed by atoms with Gasteiger partial charge in [-0.05, 0) is 49.7 Å². The van der Waals surface area contributed by atoms with Crippen molar-refractivity contribution in [2.24, 2.45) is 0 Å². The minimum absolute atomic E-state index is 0.0919. The molecule has 0 radical (unpaired) electrons. The first-order valence-electron chi connectivity index (χ1n) is 9.82. The van der Waals surface area contributed by atoms with Crippen LogP contribution in [0.5, 0.6) is 0 Å². The van der Waals surface area contributed by atoms with Crippen molar-refractivity contribution in [3.63, 3.8) is 0 Å². The van der Waals surface area contributed by atoms with Crippen LogP contribution < -0.4 is 10.2 Å². The van der Waals surface area contributed by atoms with Crippen LogP contribution in [0.3, 0.4) is 0 Å². The molecule has 2 aromatic carbocycles. The number of carbonyl (C=O) groups excluding carboxylic acids is 2. The molecule has 1 aliphatic heterocycles. The van der Waals surface area contributed by atoms with Crippen LogP contribution in [-0.4, -0.2) is 34.3 Å². The normalized spacial score (nSPS) is 13.6. The Kier molecular flexibility index (Phi) is 6.13. The Morgan fingerprint density at radius 3 is 2.60 bits per heavy atom. The number of anilines is 2. The highest BCUT2D eigenvalue weighted by atomic mass is 32.2. The molecule has 2 heterocycles. The van der Waals surface area contributed by atoms with Gasteiger partial charge in [0.1, 0.15) is 0 Å². The number of hydrogen-bond acceptors (Lipinski definition) is 6. The maximum atomic E-state index is 12.2. The summed E-state index contributed by atoms with van der Waals surface area (Å²) >= 11 is 1.35. The molecule has 2 amide bonds. The molecule has 0 atom stereocenters. The average molecular weight is 423 g/mol. The van der Waals surface area contributed by atoms with Gasteiger partial charge >= 0.3 is 0 Å². The monoisotopic (exact) mass is 422 g/mol. The number of nitrogens with zero attached hydrogens (tertiary/aromatic N) is 3. The molecule has 0 unspecified atom stereocenters. The van der Waals surface area contributed by atoms with Crippen LogP contribution in [0.25, 0.3) is 11.5 Å². The molecule has 4 rings (SSSR count). The summed E-state index contributed by atoms with van der Waals surface area (Å²) in [5.74, 6) is 1.06. The molecule has 0 aliphatic carbocycles. The first kappa shape index (κ1) is 20.2. The number of aryl methyl sites for hydroxylation is 1. The van der Waals surface area contributed by atoms with Crippen molar-refractivity contribution in [2.45, 2.75) is 31.4 Å². The second-order valence-electron chi connectivity index (χ2n) is 7.08. The highest BCUT2D eigenvalue weighted by Crippen LogP contribution is 2.25. The highest BCUT2D eigenvalue weighted by Gasteiger charge is 2.21. The van der Waals surface area contributed by atoms with Crippen molar-refractivity contribution in [3.05, 3.63) is 54.1 Å². The van der Waals surface area contributed by atoms with Gasteiger partial charge in [0, 0.05) is 42.1 Å². The van der Waals surface area contributed by atoms with E-state index in [1.165, 1.54) is 11.8 Å². The Morgan fingerprint density at radius 2 is 1.90 bits per heavy atom. The largest absolute Gasteiger partial charge is 0.411 e. The van der Waals surface area contributed by atoms with Gasteiger partial charge in [0.2, 0.25) is 17.7 Å². The van der Waals surface area contributed by atoms with E-state index in [-0.39, 0.29) is 11.8 Å². The zero-order valence-electron chi connectivity index (χ0n) is 16.6. The number of carbonyl (C=O) groups is 2. The number of aromatic nitrogens is 2. The minimum Gasteiger partial charge on any atom is -0.411 e. The van der Waals surface area contributed by atoms with Gasteiger partial charge in [0.25, 0.3) is 5.22 Å². The van der Waals surface area contributed by atoms with E-state index >= 15 is 0 Å².